The Morgan fingerprint density at radius 3 is 2.73 bits per heavy atom. The van der Waals surface area contributed by atoms with Gasteiger partial charge in [-0.05, 0) is 43.5 Å². The number of carboxylic acids is 1. The Bertz CT molecular complexity index is 1140. The number of carboxylic acid groups (broad SMARTS) is 1. The van der Waals surface area contributed by atoms with Gasteiger partial charge in [0.1, 0.15) is 5.82 Å². The highest BCUT2D eigenvalue weighted by Gasteiger charge is 2.22. The number of nitrogens with two attached hydrogens (primary N) is 1. The molecule has 2 aromatic rings. The van der Waals surface area contributed by atoms with Gasteiger partial charge in [0.25, 0.3) is 5.56 Å². The van der Waals surface area contributed by atoms with E-state index < -0.39 is 17.2 Å². The molecule has 0 spiro atoms. The van der Waals surface area contributed by atoms with E-state index in [1.807, 2.05) is 4.90 Å². The number of rotatable bonds is 5. The minimum absolute atomic E-state index is 0.0169. The third-order valence-electron chi connectivity index (χ3n) is 5.07. The van der Waals surface area contributed by atoms with Gasteiger partial charge in [0.05, 0.1) is 18.7 Å². The summed E-state index contributed by atoms with van der Waals surface area (Å²) in [6.07, 6.45) is 1.79. The summed E-state index contributed by atoms with van der Waals surface area (Å²) in [5, 5.41) is 9.24. The summed E-state index contributed by atoms with van der Waals surface area (Å²) in [7, 11) is 0. The fourth-order valence-corrected chi connectivity index (χ4v) is 3.91. The second-order valence-corrected chi connectivity index (χ2v) is 8.04. The third-order valence-corrected chi connectivity index (χ3v) is 5.85. The Balaban J connectivity index is 2.09. The van der Waals surface area contributed by atoms with Crippen molar-refractivity contribution in [2.24, 2.45) is 5.73 Å². The Morgan fingerprint density at radius 2 is 2.07 bits per heavy atom. The lowest BCUT2D eigenvalue weighted by Gasteiger charge is -2.33. The number of carbonyl (C=O) groups is 1. The second-order valence-electron chi connectivity index (χ2n) is 7.18. The maximum atomic E-state index is 13.2. The predicted molar refractivity (Wildman–Crippen MR) is 118 cm³/mol. The van der Waals surface area contributed by atoms with E-state index in [1.54, 1.807) is 13.0 Å². The molecule has 1 atom stereocenters. The van der Waals surface area contributed by atoms with E-state index in [9.17, 15) is 19.5 Å². The number of benzene rings is 1. The van der Waals surface area contributed by atoms with Crippen LogP contribution in [0.25, 0.3) is 0 Å². The van der Waals surface area contributed by atoms with Crippen molar-refractivity contribution < 1.29 is 9.90 Å². The molecule has 1 aromatic carbocycles. The molecule has 0 bridgehead atoms. The van der Waals surface area contributed by atoms with Gasteiger partial charge in [-0.25, -0.2) is 9.59 Å². The fourth-order valence-electron chi connectivity index (χ4n) is 3.54. The zero-order chi connectivity index (χ0) is 21.8. The average molecular weight is 475 g/mol. The number of aromatic nitrogens is 2. The largest absolute Gasteiger partial charge is 0.478 e. The molecule has 158 valence electrons. The number of hydrogen-bond donors (Lipinski definition) is 2. The maximum Gasteiger partial charge on any atom is 0.335 e. The summed E-state index contributed by atoms with van der Waals surface area (Å²) in [4.78, 5) is 39.4. The fraction of sp³-hybridized carbons (Fsp3) is 0.381. The van der Waals surface area contributed by atoms with Crippen LogP contribution in [-0.2, 0) is 13.1 Å². The number of piperidine rings is 1. The number of anilines is 1. The van der Waals surface area contributed by atoms with Crippen LogP contribution < -0.4 is 21.9 Å². The van der Waals surface area contributed by atoms with Crippen LogP contribution in [0, 0.1) is 11.8 Å². The molecule has 0 unspecified atom stereocenters. The summed E-state index contributed by atoms with van der Waals surface area (Å²) in [5.41, 5.74) is 5.74. The molecule has 1 aromatic heterocycles. The van der Waals surface area contributed by atoms with Crippen LogP contribution in [0.3, 0.4) is 0 Å². The molecular formula is C21H23BrN4O4. The van der Waals surface area contributed by atoms with Crippen molar-refractivity contribution in [1.29, 1.82) is 0 Å². The van der Waals surface area contributed by atoms with Gasteiger partial charge in [0.2, 0.25) is 0 Å². The number of nitrogens with zero attached hydrogens (tertiary/aromatic N) is 3. The van der Waals surface area contributed by atoms with E-state index >= 15 is 0 Å². The lowest BCUT2D eigenvalue weighted by Crippen LogP contribution is -2.48. The van der Waals surface area contributed by atoms with Gasteiger partial charge in [-0.15, -0.1) is 5.92 Å². The molecule has 1 fully saturated rings. The first-order valence-corrected chi connectivity index (χ1v) is 10.4. The third kappa shape index (κ3) is 4.66. The molecular weight excluding hydrogens is 452 g/mol. The zero-order valence-corrected chi connectivity index (χ0v) is 18.2. The van der Waals surface area contributed by atoms with E-state index in [4.69, 9.17) is 5.73 Å². The lowest BCUT2D eigenvalue weighted by atomic mass is 10.1. The molecule has 9 heteroatoms. The van der Waals surface area contributed by atoms with Gasteiger partial charge in [-0.3, -0.25) is 13.9 Å². The first-order chi connectivity index (χ1) is 14.3. The van der Waals surface area contributed by atoms with Crippen LogP contribution in [0.2, 0.25) is 0 Å². The number of aromatic carboxylic acids is 1. The molecule has 1 aliphatic rings. The first kappa shape index (κ1) is 21.9. The van der Waals surface area contributed by atoms with Gasteiger partial charge in [0.15, 0.2) is 0 Å². The summed E-state index contributed by atoms with van der Waals surface area (Å²) in [6.45, 7) is 3.05. The van der Waals surface area contributed by atoms with E-state index in [-0.39, 0.29) is 24.7 Å². The smallest absolute Gasteiger partial charge is 0.335 e. The lowest BCUT2D eigenvalue weighted by molar-refractivity contribution is 0.0696. The van der Waals surface area contributed by atoms with Gasteiger partial charge in [-0.1, -0.05) is 21.9 Å². The van der Waals surface area contributed by atoms with Crippen molar-refractivity contribution in [1.82, 2.24) is 9.13 Å². The second kappa shape index (κ2) is 9.32. The maximum absolute atomic E-state index is 13.2. The Hall–Kier alpha value is -2.83. The first-order valence-electron chi connectivity index (χ1n) is 9.58. The molecule has 0 amide bonds. The number of halogens is 1. The van der Waals surface area contributed by atoms with Crippen LogP contribution in [-0.4, -0.2) is 39.3 Å². The summed E-state index contributed by atoms with van der Waals surface area (Å²) in [6, 6.07) is 5.92. The van der Waals surface area contributed by atoms with Crippen LogP contribution in [0.1, 0.15) is 35.7 Å². The van der Waals surface area contributed by atoms with Crippen molar-refractivity contribution in [2.45, 2.75) is 38.9 Å². The van der Waals surface area contributed by atoms with Crippen LogP contribution in [0.4, 0.5) is 5.82 Å². The minimum atomic E-state index is -1.08. The van der Waals surface area contributed by atoms with Crippen LogP contribution in [0.5, 0.6) is 0 Å². The Kier molecular flexibility index (Phi) is 6.80. The quantitative estimate of drug-likeness (QED) is 0.634. The summed E-state index contributed by atoms with van der Waals surface area (Å²) < 4.78 is 3.19. The average Bonchev–Trinajstić information content (AvgIpc) is 2.71. The van der Waals surface area contributed by atoms with Crippen molar-refractivity contribution in [3.63, 3.8) is 0 Å². The zero-order valence-electron chi connectivity index (χ0n) is 16.6. The van der Waals surface area contributed by atoms with Crippen LogP contribution >= 0.6 is 15.9 Å². The minimum Gasteiger partial charge on any atom is -0.478 e. The van der Waals surface area contributed by atoms with E-state index in [1.165, 1.54) is 22.8 Å². The van der Waals surface area contributed by atoms with Crippen molar-refractivity contribution in [3.8, 4) is 11.8 Å². The molecule has 0 radical (unpaired) electrons. The topological polar surface area (TPSA) is 111 Å². The van der Waals surface area contributed by atoms with E-state index in [0.717, 1.165) is 17.4 Å². The van der Waals surface area contributed by atoms with Crippen molar-refractivity contribution in [3.05, 3.63) is 60.7 Å². The Labute approximate surface area is 182 Å². The Morgan fingerprint density at radius 1 is 1.30 bits per heavy atom. The number of hydrogen-bond acceptors (Lipinski definition) is 5. The van der Waals surface area contributed by atoms with E-state index in [2.05, 4.69) is 27.8 Å². The highest BCUT2D eigenvalue weighted by molar-refractivity contribution is 9.10. The molecule has 3 N–H and O–H groups in total. The predicted octanol–water partition coefficient (Wildman–Crippen LogP) is 1.47. The molecule has 3 rings (SSSR count). The molecule has 1 saturated heterocycles. The molecule has 30 heavy (non-hydrogen) atoms. The van der Waals surface area contributed by atoms with Crippen molar-refractivity contribution in [2.75, 3.05) is 18.0 Å². The van der Waals surface area contributed by atoms with E-state index in [0.29, 0.717) is 28.9 Å². The van der Waals surface area contributed by atoms with Crippen molar-refractivity contribution >= 4 is 27.7 Å². The monoisotopic (exact) mass is 474 g/mol. The highest BCUT2D eigenvalue weighted by atomic mass is 79.9. The molecule has 8 nitrogen and oxygen atoms in total. The summed E-state index contributed by atoms with van der Waals surface area (Å²) in [5.74, 6) is 5.11. The normalized spacial score (nSPS) is 16.1. The SMILES string of the molecule is CC#CCn1c(N2CCC[C@@H](N)C2)cc(=O)n(Cc2cc(C(=O)O)ccc2Br)c1=O. The van der Waals surface area contributed by atoms with Gasteiger partial charge < -0.3 is 15.7 Å². The van der Waals surface area contributed by atoms with Gasteiger partial charge in [-0.2, -0.15) is 0 Å². The van der Waals surface area contributed by atoms with Gasteiger partial charge in [0, 0.05) is 29.7 Å². The highest BCUT2D eigenvalue weighted by Crippen LogP contribution is 2.20. The molecule has 0 aliphatic carbocycles. The standard InChI is InChI=1S/C21H23BrN4O4/c1-2-3-9-25-18(24-8-4-5-16(23)13-24)11-19(27)26(21(25)30)12-15-10-14(20(28)29)6-7-17(15)22/h6-7,10-11,16H,4-5,8-9,12-13,23H2,1H3,(H,28,29)/t16-/m1/s1. The van der Waals surface area contributed by atoms with Gasteiger partial charge >= 0.3 is 11.7 Å². The molecule has 0 saturated carbocycles. The van der Waals surface area contributed by atoms with Crippen LogP contribution in [0.15, 0.2) is 38.3 Å². The molecule has 1 aliphatic heterocycles. The summed E-state index contributed by atoms with van der Waals surface area (Å²) >= 11 is 3.37. The molecule has 2 heterocycles.